The number of nitrogens with one attached hydrogen (secondary N) is 1. The molecule has 3 N–H and O–H groups in total. The molecule has 0 bridgehead atoms. The molecular weight excluding hydrogens is 306 g/mol. The molecule has 0 saturated heterocycles. The summed E-state index contributed by atoms with van der Waals surface area (Å²) >= 11 is 3.61. The van der Waals surface area contributed by atoms with Crippen LogP contribution in [0.15, 0.2) is 10.7 Å². The van der Waals surface area contributed by atoms with E-state index >= 15 is 0 Å². The van der Waals surface area contributed by atoms with Crippen molar-refractivity contribution in [2.75, 3.05) is 20.6 Å². The maximum atomic E-state index is 5.80. The van der Waals surface area contributed by atoms with Gasteiger partial charge in [-0.3, -0.25) is 16.0 Å². The Morgan fingerprint density at radius 2 is 2.26 bits per heavy atom. The van der Waals surface area contributed by atoms with Gasteiger partial charge in [-0.05, 0) is 47.8 Å². The number of hydrazine groups is 1. The largest absolute Gasteiger partial charge is 0.308 e. The van der Waals surface area contributed by atoms with Gasteiger partial charge in [0.15, 0.2) is 0 Å². The first-order valence-electron chi connectivity index (χ1n) is 6.69. The Morgan fingerprint density at radius 1 is 1.63 bits per heavy atom. The summed E-state index contributed by atoms with van der Waals surface area (Å²) in [5.41, 5.74) is 4.52. The molecule has 1 heterocycles. The summed E-state index contributed by atoms with van der Waals surface area (Å²) in [6, 6.07) is 0.161. The number of nitrogens with two attached hydrogens (primary N) is 1. The van der Waals surface area contributed by atoms with Crippen LogP contribution in [0.1, 0.15) is 32.0 Å². The van der Waals surface area contributed by atoms with Crippen molar-refractivity contribution in [2.45, 2.75) is 32.9 Å². The van der Waals surface area contributed by atoms with Crippen molar-refractivity contribution in [3.63, 3.8) is 0 Å². The Bertz CT molecular complexity index is 440. The van der Waals surface area contributed by atoms with Gasteiger partial charge in [-0.15, -0.1) is 0 Å². The van der Waals surface area contributed by atoms with Gasteiger partial charge in [-0.1, -0.05) is 13.8 Å². The van der Waals surface area contributed by atoms with Crippen LogP contribution in [-0.2, 0) is 6.54 Å². The summed E-state index contributed by atoms with van der Waals surface area (Å²) in [6.07, 6.45) is 3.07. The standard InChI is InChI=1S/C13H24BrN5/c1-13(2)7-9(13)11(17-15)12-10(14)8-16-19(12)6-5-18(3)4/h8-9,11,17H,5-7,15H2,1-4H3. The molecule has 5 nitrogen and oxygen atoms in total. The second-order valence-corrected chi connectivity index (χ2v) is 7.20. The van der Waals surface area contributed by atoms with Crippen molar-refractivity contribution in [3.05, 3.63) is 16.4 Å². The van der Waals surface area contributed by atoms with E-state index in [1.165, 1.54) is 12.1 Å². The molecule has 1 aliphatic carbocycles. The Balaban J connectivity index is 2.20. The van der Waals surface area contributed by atoms with Crippen LogP contribution < -0.4 is 11.3 Å². The smallest absolute Gasteiger partial charge is 0.0712 e. The van der Waals surface area contributed by atoms with Gasteiger partial charge in [0, 0.05) is 6.54 Å². The fraction of sp³-hybridized carbons (Fsp3) is 0.769. The van der Waals surface area contributed by atoms with E-state index < -0.39 is 0 Å². The van der Waals surface area contributed by atoms with E-state index in [0.717, 1.165) is 17.6 Å². The highest BCUT2D eigenvalue weighted by Gasteiger charge is 2.51. The lowest BCUT2D eigenvalue weighted by molar-refractivity contribution is 0.349. The first-order chi connectivity index (χ1) is 8.86. The molecule has 1 aliphatic rings. The Morgan fingerprint density at radius 3 is 2.74 bits per heavy atom. The fourth-order valence-electron chi connectivity index (χ4n) is 2.62. The van der Waals surface area contributed by atoms with Crippen LogP contribution in [0.4, 0.5) is 0 Å². The minimum absolute atomic E-state index is 0.161. The number of hydrogen-bond acceptors (Lipinski definition) is 4. The maximum absolute atomic E-state index is 5.80. The quantitative estimate of drug-likeness (QED) is 0.616. The zero-order valence-corrected chi connectivity index (χ0v) is 13.7. The highest BCUT2D eigenvalue weighted by molar-refractivity contribution is 9.10. The molecule has 0 aromatic carbocycles. The van der Waals surface area contributed by atoms with Crippen LogP contribution in [0.5, 0.6) is 0 Å². The third-order valence-corrected chi connectivity index (χ3v) is 4.67. The van der Waals surface area contributed by atoms with Crippen LogP contribution in [0.2, 0.25) is 0 Å². The number of nitrogens with zero attached hydrogens (tertiary/aromatic N) is 3. The van der Waals surface area contributed by atoms with E-state index in [-0.39, 0.29) is 6.04 Å². The summed E-state index contributed by atoms with van der Waals surface area (Å²) in [5.74, 6) is 6.37. The maximum Gasteiger partial charge on any atom is 0.0712 e. The zero-order chi connectivity index (χ0) is 14.2. The van der Waals surface area contributed by atoms with Crippen molar-refractivity contribution in [1.82, 2.24) is 20.1 Å². The third kappa shape index (κ3) is 3.18. The zero-order valence-electron chi connectivity index (χ0n) is 12.2. The van der Waals surface area contributed by atoms with Gasteiger partial charge in [0.1, 0.15) is 0 Å². The van der Waals surface area contributed by atoms with Crippen molar-refractivity contribution in [3.8, 4) is 0 Å². The van der Waals surface area contributed by atoms with E-state index in [1.807, 2.05) is 6.20 Å². The molecule has 0 spiro atoms. The lowest BCUT2D eigenvalue weighted by Crippen LogP contribution is -2.33. The average Bonchev–Trinajstić information content (AvgIpc) is 2.78. The van der Waals surface area contributed by atoms with Crippen LogP contribution >= 0.6 is 15.9 Å². The van der Waals surface area contributed by atoms with Crippen molar-refractivity contribution in [2.24, 2.45) is 17.2 Å². The summed E-state index contributed by atoms with van der Waals surface area (Å²) < 4.78 is 3.10. The second-order valence-electron chi connectivity index (χ2n) is 6.35. The van der Waals surface area contributed by atoms with E-state index in [4.69, 9.17) is 5.84 Å². The van der Waals surface area contributed by atoms with Gasteiger partial charge in [0.05, 0.1) is 29.0 Å². The number of hydrogen-bond donors (Lipinski definition) is 2. The molecule has 0 amide bonds. The summed E-state index contributed by atoms with van der Waals surface area (Å²) in [5, 5.41) is 4.46. The van der Waals surface area contributed by atoms with Gasteiger partial charge in [0.2, 0.25) is 0 Å². The monoisotopic (exact) mass is 329 g/mol. The SMILES string of the molecule is CN(C)CCn1ncc(Br)c1C(NN)C1CC1(C)C. The van der Waals surface area contributed by atoms with E-state index in [2.05, 4.69) is 64.0 Å². The summed E-state index contributed by atoms with van der Waals surface area (Å²) in [4.78, 5) is 2.16. The fourth-order valence-corrected chi connectivity index (χ4v) is 3.16. The van der Waals surface area contributed by atoms with Gasteiger partial charge in [0.25, 0.3) is 0 Å². The normalized spacial score (nSPS) is 22.8. The second kappa shape index (κ2) is 5.52. The molecule has 1 fully saturated rings. The summed E-state index contributed by atoms with van der Waals surface area (Å²) in [6.45, 7) is 6.42. The van der Waals surface area contributed by atoms with Gasteiger partial charge in [-0.2, -0.15) is 5.10 Å². The number of aromatic nitrogens is 2. The molecule has 6 heteroatoms. The van der Waals surface area contributed by atoms with Crippen LogP contribution in [0.3, 0.4) is 0 Å². The number of halogens is 1. The molecule has 2 atom stereocenters. The summed E-state index contributed by atoms with van der Waals surface area (Å²) in [7, 11) is 4.14. The molecule has 2 unspecified atom stereocenters. The lowest BCUT2D eigenvalue weighted by atomic mass is 10.0. The minimum Gasteiger partial charge on any atom is -0.308 e. The van der Waals surface area contributed by atoms with Crippen molar-refractivity contribution in [1.29, 1.82) is 0 Å². The number of rotatable bonds is 6. The molecule has 0 aliphatic heterocycles. The van der Waals surface area contributed by atoms with Crippen LogP contribution in [0, 0.1) is 11.3 Å². The number of likely N-dealkylation sites (N-methyl/N-ethyl adjacent to an activating group) is 1. The molecule has 2 rings (SSSR count). The Kier molecular flexibility index (Phi) is 4.35. The molecule has 108 valence electrons. The van der Waals surface area contributed by atoms with E-state index in [1.54, 1.807) is 0 Å². The molecular formula is C13H24BrN5. The first kappa shape index (κ1) is 15.0. The Hall–Kier alpha value is -0.430. The highest BCUT2D eigenvalue weighted by atomic mass is 79.9. The Labute approximate surface area is 123 Å². The molecule has 0 radical (unpaired) electrons. The van der Waals surface area contributed by atoms with E-state index in [0.29, 0.717) is 11.3 Å². The van der Waals surface area contributed by atoms with Gasteiger partial charge < -0.3 is 4.90 Å². The van der Waals surface area contributed by atoms with Gasteiger partial charge >= 0.3 is 0 Å². The topological polar surface area (TPSA) is 59.1 Å². The third-order valence-electron chi connectivity index (χ3n) is 4.06. The predicted molar refractivity (Wildman–Crippen MR) is 80.4 cm³/mol. The van der Waals surface area contributed by atoms with E-state index in [9.17, 15) is 0 Å². The van der Waals surface area contributed by atoms with Gasteiger partial charge in [-0.25, -0.2) is 0 Å². The van der Waals surface area contributed by atoms with Crippen LogP contribution in [0.25, 0.3) is 0 Å². The van der Waals surface area contributed by atoms with Crippen molar-refractivity contribution < 1.29 is 0 Å². The van der Waals surface area contributed by atoms with Crippen LogP contribution in [-0.4, -0.2) is 35.3 Å². The molecule has 1 saturated carbocycles. The predicted octanol–water partition coefficient (Wildman–Crippen LogP) is 1.76. The molecule has 1 aromatic heterocycles. The molecule has 19 heavy (non-hydrogen) atoms. The van der Waals surface area contributed by atoms with Crippen molar-refractivity contribution >= 4 is 15.9 Å². The highest BCUT2D eigenvalue weighted by Crippen LogP contribution is 2.58. The minimum atomic E-state index is 0.161. The average molecular weight is 330 g/mol. The molecule has 1 aromatic rings. The lowest BCUT2D eigenvalue weighted by Gasteiger charge is -2.21. The first-order valence-corrected chi connectivity index (χ1v) is 7.48.